The second-order valence-corrected chi connectivity index (χ2v) is 6.08. The SMILES string of the molecule is CC(C)C1CCN(CCCCC(C)(N)C#N)C1. The van der Waals surface area contributed by atoms with Crippen LogP contribution in [0, 0.1) is 23.2 Å². The molecule has 1 fully saturated rings. The zero-order chi connectivity index (χ0) is 12.9. The van der Waals surface area contributed by atoms with Gasteiger partial charge in [0.2, 0.25) is 0 Å². The Morgan fingerprint density at radius 1 is 1.47 bits per heavy atom. The number of nitrogens with zero attached hydrogens (tertiary/aromatic N) is 2. The molecule has 17 heavy (non-hydrogen) atoms. The normalized spacial score (nSPS) is 24.8. The summed E-state index contributed by atoms with van der Waals surface area (Å²) in [6, 6.07) is 2.16. The number of rotatable bonds is 6. The maximum atomic E-state index is 8.82. The van der Waals surface area contributed by atoms with Crippen LogP contribution in [0.2, 0.25) is 0 Å². The first-order valence-corrected chi connectivity index (χ1v) is 6.87. The third kappa shape index (κ3) is 5.06. The Morgan fingerprint density at radius 2 is 2.18 bits per heavy atom. The molecule has 1 aliphatic heterocycles. The predicted molar refractivity (Wildman–Crippen MR) is 71.4 cm³/mol. The van der Waals surface area contributed by atoms with E-state index in [1.807, 2.05) is 6.92 Å². The Kier molecular flexibility index (Phi) is 5.42. The number of nitrogens with two attached hydrogens (primary N) is 1. The fourth-order valence-electron chi connectivity index (χ4n) is 2.49. The van der Waals surface area contributed by atoms with Crippen LogP contribution in [0.25, 0.3) is 0 Å². The van der Waals surface area contributed by atoms with Crippen LogP contribution < -0.4 is 5.73 Å². The fraction of sp³-hybridized carbons (Fsp3) is 0.929. The van der Waals surface area contributed by atoms with Crippen molar-refractivity contribution < 1.29 is 0 Å². The Morgan fingerprint density at radius 3 is 2.71 bits per heavy atom. The standard InChI is InChI=1S/C14H27N3/c1-12(2)13-6-9-17(10-13)8-5-4-7-14(3,16)11-15/h12-13H,4-10,16H2,1-3H3. The fourth-order valence-corrected chi connectivity index (χ4v) is 2.49. The molecule has 1 rings (SSSR count). The van der Waals surface area contributed by atoms with Gasteiger partial charge in [-0.3, -0.25) is 0 Å². The summed E-state index contributed by atoms with van der Waals surface area (Å²) in [7, 11) is 0. The third-order valence-electron chi connectivity index (χ3n) is 3.93. The minimum atomic E-state index is -0.633. The number of hydrogen-bond acceptors (Lipinski definition) is 3. The first-order valence-electron chi connectivity index (χ1n) is 6.87. The number of unbranched alkanes of at least 4 members (excludes halogenated alkanes) is 1. The lowest BCUT2D eigenvalue weighted by Gasteiger charge is -2.19. The van der Waals surface area contributed by atoms with E-state index in [9.17, 15) is 0 Å². The van der Waals surface area contributed by atoms with Crippen molar-refractivity contribution in [2.45, 2.75) is 52.0 Å². The van der Waals surface area contributed by atoms with Gasteiger partial charge in [-0.15, -0.1) is 0 Å². The molecule has 2 unspecified atom stereocenters. The summed E-state index contributed by atoms with van der Waals surface area (Å²) in [5.41, 5.74) is 5.16. The van der Waals surface area contributed by atoms with Gasteiger partial charge in [0.1, 0.15) is 5.54 Å². The Labute approximate surface area is 106 Å². The van der Waals surface area contributed by atoms with Gasteiger partial charge in [-0.25, -0.2) is 0 Å². The van der Waals surface area contributed by atoms with Crippen molar-refractivity contribution in [3.8, 4) is 6.07 Å². The van der Waals surface area contributed by atoms with Crippen LogP contribution in [-0.4, -0.2) is 30.1 Å². The zero-order valence-electron chi connectivity index (χ0n) is 11.6. The highest BCUT2D eigenvalue weighted by Crippen LogP contribution is 2.23. The van der Waals surface area contributed by atoms with Crippen molar-refractivity contribution in [3.05, 3.63) is 0 Å². The van der Waals surface area contributed by atoms with Crippen molar-refractivity contribution in [1.29, 1.82) is 5.26 Å². The highest BCUT2D eigenvalue weighted by Gasteiger charge is 2.24. The van der Waals surface area contributed by atoms with E-state index in [1.165, 1.54) is 32.5 Å². The molecular weight excluding hydrogens is 210 g/mol. The summed E-state index contributed by atoms with van der Waals surface area (Å²) < 4.78 is 0. The number of likely N-dealkylation sites (tertiary alicyclic amines) is 1. The molecule has 0 amide bonds. The van der Waals surface area contributed by atoms with Crippen molar-refractivity contribution >= 4 is 0 Å². The van der Waals surface area contributed by atoms with E-state index in [2.05, 4.69) is 24.8 Å². The maximum Gasteiger partial charge on any atom is 0.101 e. The maximum absolute atomic E-state index is 8.82. The van der Waals surface area contributed by atoms with E-state index in [1.54, 1.807) is 0 Å². The van der Waals surface area contributed by atoms with Gasteiger partial charge < -0.3 is 10.6 Å². The van der Waals surface area contributed by atoms with Crippen LogP contribution in [0.1, 0.15) is 46.5 Å². The summed E-state index contributed by atoms with van der Waals surface area (Å²) in [6.07, 6.45) is 4.39. The van der Waals surface area contributed by atoms with Gasteiger partial charge in [-0.2, -0.15) is 5.26 Å². The molecule has 2 atom stereocenters. The van der Waals surface area contributed by atoms with E-state index in [0.29, 0.717) is 0 Å². The van der Waals surface area contributed by atoms with Gasteiger partial charge in [0.25, 0.3) is 0 Å². The minimum Gasteiger partial charge on any atom is -0.314 e. The molecule has 1 saturated heterocycles. The summed E-state index contributed by atoms with van der Waals surface area (Å²) in [4.78, 5) is 2.56. The van der Waals surface area contributed by atoms with E-state index >= 15 is 0 Å². The Bertz CT molecular complexity index is 265. The average Bonchev–Trinajstić information content (AvgIpc) is 2.73. The molecule has 2 N–H and O–H groups in total. The summed E-state index contributed by atoms with van der Waals surface area (Å²) >= 11 is 0. The van der Waals surface area contributed by atoms with E-state index in [-0.39, 0.29) is 0 Å². The molecule has 0 aromatic rings. The second-order valence-electron chi connectivity index (χ2n) is 6.08. The van der Waals surface area contributed by atoms with Crippen molar-refractivity contribution in [2.75, 3.05) is 19.6 Å². The van der Waals surface area contributed by atoms with Crippen LogP contribution in [0.5, 0.6) is 0 Å². The van der Waals surface area contributed by atoms with E-state index in [4.69, 9.17) is 11.0 Å². The van der Waals surface area contributed by atoms with Gasteiger partial charge in [0, 0.05) is 6.54 Å². The quantitative estimate of drug-likeness (QED) is 0.722. The second kappa shape index (κ2) is 6.37. The molecule has 98 valence electrons. The predicted octanol–water partition coefficient (Wildman–Crippen LogP) is 2.38. The summed E-state index contributed by atoms with van der Waals surface area (Å²) in [5, 5.41) is 8.82. The average molecular weight is 237 g/mol. The van der Waals surface area contributed by atoms with Gasteiger partial charge in [0.15, 0.2) is 0 Å². The monoisotopic (exact) mass is 237 g/mol. The van der Waals surface area contributed by atoms with Gasteiger partial charge in [0.05, 0.1) is 6.07 Å². The zero-order valence-corrected chi connectivity index (χ0v) is 11.6. The van der Waals surface area contributed by atoms with Crippen molar-refractivity contribution in [1.82, 2.24) is 4.90 Å². The molecule has 0 aromatic carbocycles. The minimum absolute atomic E-state index is 0.633. The molecule has 0 aromatic heterocycles. The molecule has 0 spiro atoms. The first-order chi connectivity index (χ1) is 7.94. The molecule has 3 nitrogen and oxygen atoms in total. The lowest BCUT2D eigenvalue weighted by molar-refractivity contribution is 0.294. The molecule has 1 aliphatic rings. The third-order valence-corrected chi connectivity index (χ3v) is 3.93. The van der Waals surface area contributed by atoms with E-state index in [0.717, 1.165) is 24.7 Å². The lowest BCUT2D eigenvalue weighted by atomic mass is 9.95. The Hall–Kier alpha value is -0.590. The van der Waals surface area contributed by atoms with Crippen LogP contribution in [0.15, 0.2) is 0 Å². The van der Waals surface area contributed by atoms with Gasteiger partial charge in [-0.05, 0) is 57.5 Å². The molecule has 0 aliphatic carbocycles. The topological polar surface area (TPSA) is 53.0 Å². The van der Waals surface area contributed by atoms with Crippen LogP contribution in [0.4, 0.5) is 0 Å². The lowest BCUT2D eigenvalue weighted by Crippen LogP contribution is -2.34. The molecule has 1 heterocycles. The van der Waals surface area contributed by atoms with Crippen LogP contribution in [-0.2, 0) is 0 Å². The summed E-state index contributed by atoms with van der Waals surface area (Å²) in [6.45, 7) is 10.1. The smallest absolute Gasteiger partial charge is 0.101 e. The molecular formula is C14H27N3. The van der Waals surface area contributed by atoms with Crippen LogP contribution >= 0.6 is 0 Å². The largest absolute Gasteiger partial charge is 0.314 e. The number of nitriles is 1. The molecule has 3 heteroatoms. The summed E-state index contributed by atoms with van der Waals surface area (Å²) in [5.74, 6) is 1.69. The van der Waals surface area contributed by atoms with Crippen molar-refractivity contribution in [2.24, 2.45) is 17.6 Å². The van der Waals surface area contributed by atoms with Gasteiger partial charge >= 0.3 is 0 Å². The molecule has 0 radical (unpaired) electrons. The highest BCUT2D eigenvalue weighted by molar-refractivity contribution is 5.00. The van der Waals surface area contributed by atoms with Crippen molar-refractivity contribution in [3.63, 3.8) is 0 Å². The van der Waals surface area contributed by atoms with Gasteiger partial charge in [-0.1, -0.05) is 13.8 Å². The molecule has 0 saturated carbocycles. The molecule has 0 bridgehead atoms. The van der Waals surface area contributed by atoms with E-state index < -0.39 is 5.54 Å². The first kappa shape index (κ1) is 14.5. The number of hydrogen-bond donors (Lipinski definition) is 1. The highest BCUT2D eigenvalue weighted by atomic mass is 15.1. The Balaban J connectivity index is 2.11. The van der Waals surface area contributed by atoms with Crippen LogP contribution in [0.3, 0.4) is 0 Å².